The summed E-state index contributed by atoms with van der Waals surface area (Å²) in [5, 5.41) is 2.89. The third kappa shape index (κ3) is 6.28. The maximum Gasteiger partial charge on any atom is 0.270 e. The van der Waals surface area contributed by atoms with Crippen molar-refractivity contribution in [2.45, 2.75) is 66.4 Å². The van der Waals surface area contributed by atoms with Gasteiger partial charge in [0.15, 0.2) is 6.10 Å². The maximum atomic E-state index is 14.0. The molecule has 1 amide bonds. The second-order valence-corrected chi connectivity index (χ2v) is 8.09. The van der Waals surface area contributed by atoms with Gasteiger partial charge >= 0.3 is 0 Å². The molecule has 0 aliphatic rings. The lowest BCUT2D eigenvalue weighted by Crippen LogP contribution is -2.34. The van der Waals surface area contributed by atoms with Crippen LogP contribution in [0.1, 0.15) is 56.4 Å². The Morgan fingerprint density at radius 2 is 1.79 bits per heavy atom. The van der Waals surface area contributed by atoms with Gasteiger partial charge < -0.3 is 10.1 Å². The number of carbonyl (C=O) groups excluding carboxylic acids is 1. The summed E-state index contributed by atoms with van der Waals surface area (Å²) in [4.78, 5) is 12.9. The number of anilines is 1. The molecule has 0 fully saturated rings. The highest BCUT2D eigenvalue weighted by atomic mass is 19.3. The van der Waals surface area contributed by atoms with Gasteiger partial charge in [0.05, 0.1) is 0 Å². The Labute approximate surface area is 172 Å². The molecule has 1 unspecified atom stereocenters. The molecule has 2 aromatic carbocycles. The summed E-state index contributed by atoms with van der Waals surface area (Å²) in [5.41, 5.74) is 3.42. The van der Waals surface area contributed by atoms with E-state index in [-0.39, 0.29) is 23.1 Å². The van der Waals surface area contributed by atoms with Crippen LogP contribution in [0.15, 0.2) is 36.4 Å². The number of amides is 1. The van der Waals surface area contributed by atoms with Gasteiger partial charge in [-0.1, -0.05) is 32.9 Å². The van der Waals surface area contributed by atoms with E-state index in [4.69, 9.17) is 4.74 Å². The summed E-state index contributed by atoms with van der Waals surface area (Å²) in [6.45, 7) is 10.7. The molecular weight excluding hydrogens is 372 g/mol. The first-order valence-electron chi connectivity index (χ1n) is 10.1. The van der Waals surface area contributed by atoms with Gasteiger partial charge in [0.25, 0.3) is 11.8 Å². The van der Waals surface area contributed by atoms with Gasteiger partial charge in [-0.05, 0) is 73.6 Å². The van der Waals surface area contributed by atoms with Crippen LogP contribution in [0.25, 0.3) is 0 Å². The molecule has 0 heterocycles. The van der Waals surface area contributed by atoms with Crippen LogP contribution < -0.4 is 10.1 Å². The van der Waals surface area contributed by atoms with E-state index in [9.17, 15) is 13.6 Å². The molecule has 0 spiro atoms. The minimum Gasteiger partial charge on any atom is -0.481 e. The van der Waals surface area contributed by atoms with Crippen LogP contribution in [0.4, 0.5) is 14.5 Å². The summed E-state index contributed by atoms with van der Waals surface area (Å²) in [5.74, 6) is -2.78. The molecule has 0 aromatic heterocycles. The molecular formula is C24H31F2NO2. The first-order valence-corrected chi connectivity index (χ1v) is 10.1. The smallest absolute Gasteiger partial charge is 0.270 e. The van der Waals surface area contributed by atoms with Gasteiger partial charge in [0.2, 0.25) is 0 Å². The molecule has 2 rings (SSSR count). The first-order chi connectivity index (χ1) is 13.5. The lowest BCUT2D eigenvalue weighted by atomic mass is 10.00. The molecule has 1 atom stereocenters. The van der Waals surface area contributed by atoms with E-state index < -0.39 is 12.0 Å². The number of halogens is 2. The van der Waals surface area contributed by atoms with E-state index in [0.717, 1.165) is 18.1 Å². The van der Waals surface area contributed by atoms with E-state index in [1.54, 1.807) is 12.1 Å². The SMILES string of the molecule is CCc1ccc(OC(CC(C)C)C(=O)Nc2ccc(C)c(C)c2)cc1C(C)(F)F. The number of aryl methyl sites for hydroxylation is 3. The monoisotopic (exact) mass is 403 g/mol. The minimum atomic E-state index is -2.97. The molecule has 0 saturated heterocycles. The molecule has 0 bridgehead atoms. The van der Waals surface area contributed by atoms with Gasteiger partial charge in [-0.2, -0.15) is 0 Å². The first kappa shape index (κ1) is 22.9. The Kier molecular flexibility index (Phi) is 7.39. The van der Waals surface area contributed by atoms with E-state index in [1.165, 1.54) is 6.07 Å². The summed E-state index contributed by atoms with van der Waals surface area (Å²) < 4.78 is 33.9. The van der Waals surface area contributed by atoms with Crippen LogP contribution in [0.3, 0.4) is 0 Å². The number of hydrogen-bond donors (Lipinski definition) is 1. The Bertz CT molecular complexity index is 856. The number of carbonyl (C=O) groups is 1. The molecule has 5 heteroatoms. The normalized spacial score (nSPS) is 12.7. The number of rotatable bonds is 8. The summed E-state index contributed by atoms with van der Waals surface area (Å²) in [6, 6.07) is 10.4. The fourth-order valence-electron chi connectivity index (χ4n) is 3.19. The van der Waals surface area contributed by atoms with E-state index in [2.05, 4.69) is 5.32 Å². The zero-order valence-corrected chi connectivity index (χ0v) is 18.1. The molecule has 2 aromatic rings. The molecule has 158 valence electrons. The zero-order valence-electron chi connectivity index (χ0n) is 18.1. The third-order valence-corrected chi connectivity index (χ3v) is 4.97. The van der Waals surface area contributed by atoms with Crippen LogP contribution in [0.2, 0.25) is 0 Å². The average Bonchev–Trinajstić information content (AvgIpc) is 2.63. The minimum absolute atomic E-state index is 0.0598. The lowest BCUT2D eigenvalue weighted by Gasteiger charge is -2.22. The van der Waals surface area contributed by atoms with Crippen molar-refractivity contribution in [3.05, 3.63) is 58.7 Å². The lowest BCUT2D eigenvalue weighted by molar-refractivity contribution is -0.123. The van der Waals surface area contributed by atoms with E-state index in [0.29, 0.717) is 24.1 Å². The van der Waals surface area contributed by atoms with E-state index in [1.807, 2.05) is 52.8 Å². The number of ether oxygens (including phenoxy) is 1. The number of hydrogen-bond acceptors (Lipinski definition) is 2. The summed E-state index contributed by atoms with van der Waals surface area (Å²) in [6.07, 6.45) is 0.202. The zero-order chi connectivity index (χ0) is 21.8. The number of alkyl halides is 2. The highest BCUT2D eigenvalue weighted by molar-refractivity contribution is 5.94. The average molecular weight is 404 g/mol. The number of nitrogens with one attached hydrogen (secondary N) is 1. The van der Waals surface area contributed by atoms with Crippen LogP contribution in [-0.2, 0) is 17.1 Å². The van der Waals surface area contributed by atoms with Gasteiger partial charge in [-0.25, -0.2) is 8.78 Å². The second-order valence-electron chi connectivity index (χ2n) is 8.09. The molecule has 0 saturated carbocycles. The fourth-order valence-corrected chi connectivity index (χ4v) is 3.19. The van der Waals surface area contributed by atoms with Gasteiger partial charge in [0, 0.05) is 18.2 Å². The van der Waals surface area contributed by atoms with Crippen molar-refractivity contribution in [3.63, 3.8) is 0 Å². The predicted molar refractivity (Wildman–Crippen MR) is 114 cm³/mol. The van der Waals surface area contributed by atoms with Crippen LogP contribution in [-0.4, -0.2) is 12.0 Å². The Hall–Kier alpha value is -2.43. The van der Waals surface area contributed by atoms with Crippen molar-refractivity contribution in [1.82, 2.24) is 0 Å². The van der Waals surface area contributed by atoms with Crippen molar-refractivity contribution < 1.29 is 18.3 Å². The Balaban J connectivity index is 2.26. The van der Waals surface area contributed by atoms with Crippen molar-refractivity contribution in [3.8, 4) is 5.75 Å². The highest BCUT2D eigenvalue weighted by Crippen LogP contribution is 2.33. The summed E-state index contributed by atoms with van der Waals surface area (Å²) >= 11 is 0. The summed E-state index contributed by atoms with van der Waals surface area (Å²) in [7, 11) is 0. The van der Waals surface area contributed by atoms with Crippen molar-refractivity contribution >= 4 is 11.6 Å². The standard InChI is InChI=1S/C24H31F2NO2/c1-7-18-9-11-20(14-21(18)24(6,25)26)29-22(12-15(2)3)23(28)27-19-10-8-16(4)17(5)13-19/h8-11,13-15,22H,7,12H2,1-6H3,(H,27,28). The van der Waals surface area contributed by atoms with Gasteiger partial charge in [0.1, 0.15) is 5.75 Å². The molecule has 0 aliphatic carbocycles. The Morgan fingerprint density at radius 1 is 1.10 bits per heavy atom. The van der Waals surface area contributed by atoms with Crippen molar-refractivity contribution in [1.29, 1.82) is 0 Å². The van der Waals surface area contributed by atoms with Crippen molar-refractivity contribution in [2.75, 3.05) is 5.32 Å². The molecule has 0 aliphatic heterocycles. The fraction of sp³-hybridized carbons (Fsp3) is 0.458. The topological polar surface area (TPSA) is 38.3 Å². The maximum absolute atomic E-state index is 14.0. The van der Waals surface area contributed by atoms with Crippen LogP contribution in [0, 0.1) is 19.8 Å². The predicted octanol–water partition coefficient (Wildman–Crippen LogP) is 6.41. The molecule has 3 nitrogen and oxygen atoms in total. The quantitative estimate of drug-likeness (QED) is 0.553. The van der Waals surface area contributed by atoms with Crippen LogP contribution >= 0.6 is 0 Å². The largest absolute Gasteiger partial charge is 0.481 e. The van der Waals surface area contributed by atoms with Gasteiger partial charge in [-0.3, -0.25) is 4.79 Å². The van der Waals surface area contributed by atoms with Crippen LogP contribution in [0.5, 0.6) is 5.75 Å². The highest BCUT2D eigenvalue weighted by Gasteiger charge is 2.29. The molecule has 1 N–H and O–H groups in total. The second kappa shape index (κ2) is 9.38. The van der Waals surface area contributed by atoms with E-state index >= 15 is 0 Å². The van der Waals surface area contributed by atoms with Crippen molar-refractivity contribution in [2.24, 2.45) is 5.92 Å². The number of benzene rings is 2. The molecule has 29 heavy (non-hydrogen) atoms. The molecule has 0 radical (unpaired) electrons. The third-order valence-electron chi connectivity index (χ3n) is 4.97. The van der Waals surface area contributed by atoms with Gasteiger partial charge in [-0.15, -0.1) is 0 Å². The Morgan fingerprint density at radius 3 is 2.34 bits per heavy atom.